The molecule has 0 aliphatic rings. The number of hydrogen-bond acceptors (Lipinski definition) is 3. The van der Waals surface area contributed by atoms with E-state index >= 15 is 0 Å². The fraction of sp³-hybridized carbons (Fsp3) is 0.700. The van der Waals surface area contributed by atoms with Crippen molar-refractivity contribution in [2.24, 2.45) is 5.73 Å². The second kappa shape index (κ2) is 5.48. The summed E-state index contributed by atoms with van der Waals surface area (Å²) in [4.78, 5) is 10.9. The number of aryl methyl sites for hydroxylation is 1. The Labute approximate surface area is 89.6 Å². The van der Waals surface area contributed by atoms with Gasteiger partial charge in [0.2, 0.25) is 0 Å². The van der Waals surface area contributed by atoms with E-state index in [1.807, 2.05) is 6.92 Å². The van der Waals surface area contributed by atoms with E-state index < -0.39 is 5.91 Å². The zero-order valence-corrected chi connectivity index (χ0v) is 9.36. The van der Waals surface area contributed by atoms with Crippen molar-refractivity contribution in [3.8, 4) is 0 Å². The average molecular weight is 210 g/mol. The molecule has 1 aromatic heterocycles. The first-order valence-electron chi connectivity index (χ1n) is 5.36. The lowest BCUT2D eigenvalue weighted by Crippen LogP contribution is -2.13. The number of amides is 1. The molecular formula is C10H18N4O. The van der Waals surface area contributed by atoms with Crippen molar-refractivity contribution in [3.63, 3.8) is 0 Å². The third kappa shape index (κ3) is 3.04. The van der Waals surface area contributed by atoms with Crippen molar-refractivity contribution in [1.29, 1.82) is 0 Å². The van der Waals surface area contributed by atoms with Gasteiger partial charge in [0.15, 0.2) is 5.69 Å². The molecule has 1 heterocycles. The van der Waals surface area contributed by atoms with Gasteiger partial charge in [0.25, 0.3) is 5.91 Å². The number of nitrogens with zero attached hydrogens (tertiary/aromatic N) is 3. The monoisotopic (exact) mass is 210 g/mol. The summed E-state index contributed by atoms with van der Waals surface area (Å²) in [5.74, 6) is -0.507. The van der Waals surface area contributed by atoms with Crippen molar-refractivity contribution in [2.45, 2.75) is 46.1 Å². The molecule has 0 bridgehead atoms. The highest BCUT2D eigenvalue weighted by Gasteiger charge is 2.12. The first kappa shape index (κ1) is 11.7. The molecule has 0 saturated heterocycles. The largest absolute Gasteiger partial charge is 0.364 e. The number of hydrogen-bond donors (Lipinski definition) is 1. The molecule has 5 heteroatoms. The molecule has 0 spiro atoms. The van der Waals surface area contributed by atoms with Gasteiger partial charge in [-0.15, -0.1) is 5.10 Å². The summed E-state index contributed by atoms with van der Waals surface area (Å²) in [5, 5.41) is 7.65. The summed E-state index contributed by atoms with van der Waals surface area (Å²) in [6, 6.07) is 0. The van der Waals surface area contributed by atoms with Crippen molar-refractivity contribution in [1.82, 2.24) is 15.0 Å². The van der Waals surface area contributed by atoms with Crippen LogP contribution in [0.3, 0.4) is 0 Å². The van der Waals surface area contributed by atoms with Crippen LogP contribution in [0.5, 0.6) is 0 Å². The molecule has 15 heavy (non-hydrogen) atoms. The Morgan fingerprint density at radius 1 is 1.40 bits per heavy atom. The number of carbonyl (C=O) groups excluding carboxylic acids is 1. The van der Waals surface area contributed by atoms with Gasteiger partial charge in [-0.2, -0.15) is 0 Å². The van der Waals surface area contributed by atoms with Gasteiger partial charge in [-0.3, -0.25) is 4.79 Å². The molecule has 0 radical (unpaired) electrons. The van der Waals surface area contributed by atoms with Crippen LogP contribution in [0, 0.1) is 6.92 Å². The Morgan fingerprint density at radius 2 is 2.13 bits per heavy atom. The summed E-state index contributed by atoms with van der Waals surface area (Å²) in [6.45, 7) is 4.80. The Hall–Kier alpha value is -1.39. The number of nitrogens with two attached hydrogens (primary N) is 1. The molecule has 0 aliphatic heterocycles. The van der Waals surface area contributed by atoms with E-state index in [-0.39, 0.29) is 5.69 Å². The van der Waals surface area contributed by atoms with Crippen molar-refractivity contribution in [3.05, 3.63) is 11.4 Å². The summed E-state index contributed by atoms with van der Waals surface area (Å²) in [7, 11) is 0. The van der Waals surface area contributed by atoms with Crippen LogP contribution in [0.25, 0.3) is 0 Å². The minimum Gasteiger partial charge on any atom is -0.364 e. The molecule has 0 unspecified atom stereocenters. The van der Waals surface area contributed by atoms with Gasteiger partial charge in [-0.05, 0) is 13.3 Å². The van der Waals surface area contributed by atoms with E-state index in [9.17, 15) is 4.79 Å². The molecule has 0 aromatic carbocycles. The number of rotatable bonds is 6. The van der Waals surface area contributed by atoms with Crippen LogP contribution >= 0.6 is 0 Å². The highest BCUT2D eigenvalue weighted by atomic mass is 16.1. The lowest BCUT2D eigenvalue weighted by atomic mass is 10.2. The van der Waals surface area contributed by atoms with E-state index in [0.29, 0.717) is 0 Å². The number of primary amides is 1. The van der Waals surface area contributed by atoms with Crippen LogP contribution < -0.4 is 5.73 Å². The molecule has 2 N–H and O–H groups in total. The fourth-order valence-electron chi connectivity index (χ4n) is 1.49. The lowest BCUT2D eigenvalue weighted by Gasteiger charge is -2.02. The third-order valence-corrected chi connectivity index (χ3v) is 2.44. The summed E-state index contributed by atoms with van der Waals surface area (Å²) in [6.07, 6.45) is 4.69. The molecule has 0 saturated carbocycles. The molecule has 1 amide bonds. The average Bonchev–Trinajstić information content (AvgIpc) is 2.55. The van der Waals surface area contributed by atoms with Gasteiger partial charge in [0.1, 0.15) is 0 Å². The van der Waals surface area contributed by atoms with E-state index in [1.54, 1.807) is 4.68 Å². The summed E-state index contributed by atoms with van der Waals surface area (Å²) < 4.78 is 1.75. The molecule has 0 aliphatic carbocycles. The summed E-state index contributed by atoms with van der Waals surface area (Å²) in [5.41, 5.74) is 6.20. The molecule has 1 aromatic rings. The lowest BCUT2D eigenvalue weighted by molar-refractivity contribution is 0.0995. The Bertz CT molecular complexity index is 332. The highest BCUT2D eigenvalue weighted by Crippen LogP contribution is 2.06. The number of unbranched alkanes of at least 4 members (excludes halogenated alkanes) is 3. The van der Waals surface area contributed by atoms with E-state index in [4.69, 9.17) is 5.73 Å². The molecule has 1 rings (SSSR count). The smallest absolute Gasteiger partial charge is 0.271 e. The van der Waals surface area contributed by atoms with Gasteiger partial charge < -0.3 is 5.73 Å². The van der Waals surface area contributed by atoms with Crippen molar-refractivity contribution in [2.75, 3.05) is 0 Å². The Balaban J connectivity index is 2.51. The van der Waals surface area contributed by atoms with Gasteiger partial charge in [0, 0.05) is 6.54 Å². The first-order valence-corrected chi connectivity index (χ1v) is 5.36. The maximum absolute atomic E-state index is 10.9. The predicted octanol–water partition coefficient (Wildman–Crippen LogP) is 1.27. The Kier molecular flexibility index (Phi) is 4.27. The fourth-order valence-corrected chi connectivity index (χ4v) is 1.49. The van der Waals surface area contributed by atoms with Crippen LogP contribution in [-0.2, 0) is 6.54 Å². The predicted molar refractivity (Wildman–Crippen MR) is 57.4 cm³/mol. The zero-order valence-electron chi connectivity index (χ0n) is 9.36. The summed E-state index contributed by atoms with van der Waals surface area (Å²) >= 11 is 0. The van der Waals surface area contributed by atoms with Gasteiger partial charge in [0.05, 0.1) is 5.69 Å². The first-order chi connectivity index (χ1) is 7.16. The van der Waals surface area contributed by atoms with Crippen LogP contribution in [0.15, 0.2) is 0 Å². The van der Waals surface area contributed by atoms with Crippen LogP contribution in [0.4, 0.5) is 0 Å². The maximum Gasteiger partial charge on any atom is 0.271 e. The third-order valence-electron chi connectivity index (χ3n) is 2.44. The zero-order chi connectivity index (χ0) is 11.3. The normalized spacial score (nSPS) is 10.5. The van der Waals surface area contributed by atoms with Crippen LogP contribution in [0.2, 0.25) is 0 Å². The molecule has 5 nitrogen and oxygen atoms in total. The van der Waals surface area contributed by atoms with Crippen molar-refractivity contribution >= 4 is 5.91 Å². The highest BCUT2D eigenvalue weighted by molar-refractivity contribution is 5.91. The topological polar surface area (TPSA) is 73.8 Å². The second-order valence-corrected chi connectivity index (χ2v) is 3.67. The minimum atomic E-state index is -0.507. The molecular weight excluding hydrogens is 192 g/mol. The second-order valence-electron chi connectivity index (χ2n) is 3.67. The van der Waals surface area contributed by atoms with E-state index in [0.717, 1.165) is 18.7 Å². The van der Waals surface area contributed by atoms with Gasteiger partial charge in [-0.25, -0.2) is 4.68 Å². The quantitative estimate of drug-likeness (QED) is 0.718. The molecule has 0 fully saturated rings. The van der Waals surface area contributed by atoms with E-state index in [1.165, 1.54) is 19.3 Å². The van der Waals surface area contributed by atoms with Gasteiger partial charge in [-0.1, -0.05) is 31.4 Å². The van der Waals surface area contributed by atoms with Crippen LogP contribution in [-0.4, -0.2) is 20.9 Å². The number of aromatic nitrogens is 3. The number of carbonyl (C=O) groups is 1. The molecule has 0 atom stereocenters. The molecule has 84 valence electrons. The van der Waals surface area contributed by atoms with Gasteiger partial charge >= 0.3 is 0 Å². The SMILES string of the molecule is CCCCCCn1nnc(C(N)=O)c1C. The minimum absolute atomic E-state index is 0.283. The Morgan fingerprint density at radius 3 is 2.67 bits per heavy atom. The van der Waals surface area contributed by atoms with Crippen LogP contribution in [0.1, 0.15) is 48.8 Å². The maximum atomic E-state index is 10.9. The van der Waals surface area contributed by atoms with E-state index in [2.05, 4.69) is 17.2 Å². The standard InChI is InChI=1S/C10H18N4O/c1-3-4-5-6-7-14-8(2)9(10(11)15)12-13-14/h3-7H2,1-2H3,(H2,11,15). The van der Waals surface area contributed by atoms with Crippen molar-refractivity contribution < 1.29 is 4.79 Å².